The van der Waals surface area contributed by atoms with Crippen LogP contribution in [0.4, 0.5) is 0 Å². The summed E-state index contributed by atoms with van der Waals surface area (Å²) in [7, 11) is 2.04. The van der Waals surface area contributed by atoms with E-state index in [4.69, 9.17) is 4.74 Å². The van der Waals surface area contributed by atoms with Crippen LogP contribution in [0.15, 0.2) is 0 Å². The Kier molecular flexibility index (Phi) is 3.74. The molecule has 2 nitrogen and oxygen atoms in total. The molecule has 2 atom stereocenters. The van der Waals surface area contributed by atoms with Gasteiger partial charge in [-0.05, 0) is 19.9 Å². The van der Waals surface area contributed by atoms with E-state index in [1.807, 2.05) is 7.05 Å². The fourth-order valence-electron chi connectivity index (χ4n) is 2.03. The minimum atomic E-state index is 0.322. The van der Waals surface area contributed by atoms with Crippen molar-refractivity contribution in [1.82, 2.24) is 5.32 Å². The van der Waals surface area contributed by atoms with Gasteiger partial charge in [-0.1, -0.05) is 27.2 Å². The van der Waals surface area contributed by atoms with Gasteiger partial charge in [0.25, 0.3) is 0 Å². The molecule has 0 spiro atoms. The van der Waals surface area contributed by atoms with E-state index in [1.165, 1.54) is 19.3 Å². The van der Waals surface area contributed by atoms with Gasteiger partial charge >= 0.3 is 0 Å². The number of ether oxygens (including phenoxy) is 1. The second-order valence-electron chi connectivity index (χ2n) is 4.61. The highest BCUT2D eigenvalue weighted by Gasteiger charge is 2.47. The van der Waals surface area contributed by atoms with Gasteiger partial charge in [0.05, 0.1) is 6.10 Å². The van der Waals surface area contributed by atoms with Gasteiger partial charge < -0.3 is 10.1 Å². The van der Waals surface area contributed by atoms with Crippen LogP contribution in [0.2, 0.25) is 0 Å². The van der Waals surface area contributed by atoms with Crippen LogP contribution >= 0.6 is 0 Å². The molecule has 1 aliphatic rings. The summed E-state index contributed by atoms with van der Waals surface area (Å²) in [4.78, 5) is 0. The lowest BCUT2D eigenvalue weighted by atomic mass is 9.64. The van der Waals surface area contributed by atoms with Crippen LogP contribution in [0.5, 0.6) is 0 Å². The van der Waals surface area contributed by atoms with Crippen molar-refractivity contribution >= 4 is 0 Å². The third-order valence-electron chi connectivity index (χ3n) is 3.34. The first-order chi connectivity index (χ1) is 6.12. The van der Waals surface area contributed by atoms with Crippen molar-refractivity contribution in [3.63, 3.8) is 0 Å². The highest BCUT2D eigenvalue weighted by Crippen LogP contribution is 2.42. The van der Waals surface area contributed by atoms with E-state index in [-0.39, 0.29) is 0 Å². The van der Waals surface area contributed by atoms with Gasteiger partial charge in [-0.3, -0.25) is 0 Å². The number of rotatable bonds is 5. The monoisotopic (exact) mass is 185 g/mol. The van der Waals surface area contributed by atoms with Crippen molar-refractivity contribution in [2.24, 2.45) is 5.41 Å². The largest absolute Gasteiger partial charge is 0.378 e. The first-order valence-corrected chi connectivity index (χ1v) is 5.41. The van der Waals surface area contributed by atoms with E-state index in [0.29, 0.717) is 17.6 Å². The van der Waals surface area contributed by atoms with E-state index in [0.717, 1.165) is 6.61 Å². The molecule has 0 heterocycles. The Balaban J connectivity index is 2.23. The molecule has 0 aliphatic heterocycles. The summed E-state index contributed by atoms with van der Waals surface area (Å²) in [5.74, 6) is 0. The van der Waals surface area contributed by atoms with Crippen molar-refractivity contribution < 1.29 is 4.74 Å². The average molecular weight is 185 g/mol. The number of hydrogen-bond donors (Lipinski definition) is 1. The summed E-state index contributed by atoms with van der Waals surface area (Å²) in [6, 6.07) is 0.638. The second-order valence-corrected chi connectivity index (χ2v) is 4.61. The summed E-state index contributed by atoms with van der Waals surface area (Å²) in [5.41, 5.74) is 0.322. The van der Waals surface area contributed by atoms with Crippen LogP contribution in [-0.2, 0) is 4.74 Å². The number of unbranched alkanes of at least 4 members (excludes halogenated alkanes) is 1. The lowest BCUT2D eigenvalue weighted by Gasteiger charge is -2.51. The van der Waals surface area contributed by atoms with E-state index in [9.17, 15) is 0 Å². The van der Waals surface area contributed by atoms with Gasteiger partial charge in [0.15, 0.2) is 0 Å². The zero-order valence-electron chi connectivity index (χ0n) is 9.39. The van der Waals surface area contributed by atoms with Crippen molar-refractivity contribution in [3.8, 4) is 0 Å². The molecule has 1 rings (SSSR count). The number of hydrogen-bond acceptors (Lipinski definition) is 2. The normalized spacial score (nSPS) is 31.4. The van der Waals surface area contributed by atoms with Gasteiger partial charge in [-0.2, -0.15) is 0 Å². The Labute approximate surface area is 82.0 Å². The SMILES string of the molecule is CCCCOC1CC(NC)C1(C)C. The van der Waals surface area contributed by atoms with Gasteiger partial charge in [0.2, 0.25) is 0 Å². The van der Waals surface area contributed by atoms with Gasteiger partial charge in [0.1, 0.15) is 0 Å². The third-order valence-corrected chi connectivity index (χ3v) is 3.34. The molecule has 1 fully saturated rings. The maximum Gasteiger partial charge on any atom is 0.0655 e. The van der Waals surface area contributed by atoms with Gasteiger partial charge in [-0.15, -0.1) is 0 Å². The molecule has 2 heteroatoms. The molecule has 2 unspecified atom stereocenters. The highest BCUT2D eigenvalue weighted by molar-refractivity contribution is 5.02. The van der Waals surface area contributed by atoms with E-state index < -0.39 is 0 Å². The molecule has 0 aromatic heterocycles. The van der Waals surface area contributed by atoms with Crippen LogP contribution in [-0.4, -0.2) is 25.8 Å². The highest BCUT2D eigenvalue weighted by atomic mass is 16.5. The van der Waals surface area contributed by atoms with Crippen molar-refractivity contribution in [3.05, 3.63) is 0 Å². The van der Waals surface area contributed by atoms with Crippen LogP contribution in [0.25, 0.3) is 0 Å². The van der Waals surface area contributed by atoms with E-state index in [1.54, 1.807) is 0 Å². The minimum absolute atomic E-state index is 0.322. The number of nitrogens with one attached hydrogen (secondary N) is 1. The molecule has 1 N–H and O–H groups in total. The Morgan fingerprint density at radius 2 is 2.15 bits per heavy atom. The Morgan fingerprint density at radius 3 is 2.62 bits per heavy atom. The van der Waals surface area contributed by atoms with Gasteiger partial charge in [0, 0.05) is 18.1 Å². The maximum atomic E-state index is 5.83. The molecule has 0 aromatic rings. The lowest BCUT2D eigenvalue weighted by molar-refractivity contribution is -0.116. The van der Waals surface area contributed by atoms with Crippen LogP contribution in [0.3, 0.4) is 0 Å². The minimum Gasteiger partial charge on any atom is -0.378 e. The van der Waals surface area contributed by atoms with Crippen LogP contribution in [0.1, 0.15) is 40.0 Å². The standard InChI is InChI=1S/C11H23NO/c1-5-6-7-13-10-8-9(12-4)11(10,2)3/h9-10,12H,5-8H2,1-4H3. The molecule has 0 amide bonds. The predicted octanol–water partition coefficient (Wildman–Crippen LogP) is 2.19. The molecule has 78 valence electrons. The molecule has 1 aliphatic carbocycles. The Bertz CT molecular complexity index is 156. The summed E-state index contributed by atoms with van der Waals surface area (Å²) >= 11 is 0. The zero-order chi connectivity index (χ0) is 9.90. The maximum absolute atomic E-state index is 5.83. The molecule has 0 radical (unpaired) electrons. The first kappa shape index (κ1) is 11.0. The summed E-state index contributed by atoms with van der Waals surface area (Å²) < 4.78 is 5.83. The molecule has 0 bridgehead atoms. The Morgan fingerprint density at radius 1 is 1.46 bits per heavy atom. The zero-order valence-corrected chi connectivity index (χ0v) is 9.39. The molecule has 0 aromatic carbocycles. The van der Waals surface area contributed by atoms with Crippen molar-refractivity contribution in [2.45, 2.75) is 52.2 Å². The quantitative estimate of drug-likeness (QED) is 0.663. The smallest absolute Gasteiger partial charge is 0.0655 e. The third kappa shape index (κ3) is 2.23. The van der Waals surface area contributed by atoms with Crippen molar-refractivity contribution in [1.29, 1.82) is 0 Å². The van der Waals surface area contributed by atoms with E-state index in [2.05, 4.69) is 26.1 Å². The Hall–Kier alpha value is -0.0800. The van der Waals surface area contributed by atoms with Gasteiger partial charge in [-0.25, -0.2) is 0 Å². The fraction of sp³-hybridized carbons (Fsp3) is 1.00. The molecule has 0 saturated heterocycles. The van der Waals surface area contributed by atoms with Crippen molar-refractivity contribution in [2.75, 3.05) is 13.7 Å². The first-order valence-electron chi connectivity index (χ1n) is 5.41. The molecular weight excluding hydrogens is 162 g/mol. The van der Waals surface area contributed by atoms with Crippen LogP contribution < -0.4 is 5.32 Å². The summed E-state index contributed by atoms with van der Waals surface area (Å²) in [6.45, 7) is 7.70. The fourth-order valence-corrected chi connectivity index (χ4v) is 2.03. The molecule has 1 saturated carbocycles. The van der Waals surface area contributed by atoms with Crippen LogP contribution in [0, 0.1) is 5.41 Å². The summed E-state index contributed by atoms with van der Waals surface area (Å²) in [6.07, 6.45) is 4.06. The predicted molar refractivity (Wildman–Crippen MR) is 55.9 cm³/mol. The second kappa shape index (κ2) is 4.43. The molecule has 13 heavy (non-hydrogen) atoms. The summed E-state index contributed by atoms with van der Waals surface area (Å²) in [5, 5.41) is 3.33. The lowest BCUT2D eigenvalue weighted by Crippen LogP contribution is -2.60. The topological polar surface area (TPSA) is 21.3 Å². The average Bonchev–Trinajstić information content (AvgIpc) is 2.10. The van der Waals surface area contributed by atoms with E-state index >= 15 is 0 Å². The molecular formula is C11H23NO.